The van der Waals surface area contributed by atoms with Gasteiger partial charge >= 0.3 is 18.0 Å². The molecule has 2 unspecified atom stereocenters. The predicted molar refractivity (Wildman–Crippen MR) is 125 cm³/mol. The first-order valence-electron chi connectivity index (χ1n) is 11.3. The molecule has 214 valence electrons. The van der Waals surface area contributed by atoms with Crippen molar-refractivity contribution in [2.45, 2.75) is 44.6 Å². The molecule has 0 saturated heterocycles. The summed E-state index contributed by atoms with van der Waals surface area (Å²) in [6.45, 7) is -0.686. The quantitative estimate of drug-likeness (QED) is 0.312. The van der Waals surface area contributed by atoms with Gasteiger partial charge < -0.3 is 10.2 Å². The molecule has 2 aromatic heterocycles. The molecule has 9 nitrogen and oxygen atoms in total. The van der Waals surface area contributed by atoms with E-state index in [1.807, 2.05) is 0 Å². The summed E-state index contributed by atoms with van der Waals surface area (Å²) in [5.74, 6) is -2.20. The number of nitrogens with zero attached hydrogens (tertiary/aromatic N) is 6. The average Bonchev–Trinajstić information content (AvgIpc) is 3.40. The van der Waals surface area contributed by atoms with Gasteiger partial charge in [0.1, 0.15) is 18.5 Å². The number of hydrogen-bond acceptors (Lipinski definition) is 6. The lowest BCUT2D eigenvalue weighted by atomic mass is 10.1. The zero-order chi connectivity index (χ0) is 29.6. The number of rotatable bonds is 7. The number of aliphatic hydroxyl groups is 2. The molecule has 0 fully saturated rings. The van der Waals surface area contributed by atoms with Crippen molar-refractivity contribution in [1.82, 2.24) is 29.1 Å². The lowest BCUT2D eigenvalue weighted by Crippen LogP contribution is -2.37. The second-order valence-electron chi connectivity index (χ2n) is 8.57. The Balaban J connectivity index is 1.81. The van der Waals surface area contributed by atoms with Crippen LogP contribution < -0.4 is 5.69 Å². The Morgan fingerprint density at radius 2 is 1.65 bits per heavy atom. The molecule has 40 heavy (non-hydrogen) atoms. The number of hydrogen-bond donors (Lipinski definition) is 2. The van der Waals surface area contributed by atoms with Crippen LogP contribution in [0.1, 0.15) is 30.2 Å². The molecular weight excluding hydrogens is 577 g/mol. The monoisotopic (exact) mass is 594 g/mol. The van der Waals surface area contributed by atoms with E-state index in [9.17, 15) is 45.7 Å². The fourth-order valence-electron chi connectivity index (χ4n) is 3.73. The second kappa shape index (κ2) is 10.7. The molecule has 0 amide bonds. The van der Waals surface area contributed by atoms with Gasteiger partial charge in [-0.05, 0) is 49.4 Å². The molecule has 0 aliphatic carbocycles. The van der Waals surface area contributed by atoms with Crippen LogP contribution in [0.3, 0.4) is 0 Å². The number of aliphatic hydroxyl groups excluding tert-OH is 2. The van der Waals surface area contributed by atoms with Crippen molar-refractivity contribution in [1.29, 1.82) is 0 Å². The highest BCUT2D eigenvalue weighted by Crippen LogP contribution is 2.35. The minimum absolute atomic E-state index is 0.166. The van der Waals surface area contributed by atoms with Gasteiger partial charge in [0.25, 0.3) is 0 Å². The van der Waals surface area contributed by atoms with Crippen LogP contribution in [-0.2, 0) is 19.3 Å². The molecule has 0 saturated carbocycles. The third-order valence-electron chi connectivity index (χ3n) is 5.59. The topological polar surface area (TPSA) is 111 Å². The van der Waals surface area contributed by atoms with Crippen LogP contribution in [-0.4, -0.2) is 51.6 Å². The van der Waals surface area contributed by atoms with Crippen LogP contribution in [0.5, 0.6) is 0 Å². The maximum Gasteiger partial charge on any atom is 0.418 e. The van der Waals surface area contributed by atoms with Crippen molar-refractivity contribution in [3.8, 4) is 17.1 Å². The summed E-state index contributed by atoms with van der Waals surface area (Å²) in [5.41, 5.74) is -3.05. The Bertz CT molecular complexity index is 1580. The Kier molecular flexibility index (Phi) is 7.79. The van der Waals surface area contributed by atoms with Crippen LogP contribution in [0.25, 0.3) is 17.1 Å². The van der Waals surface area contributed by atoms with Gasteiger partial charge in [0.05, 0.1) is 17.8 Å². The molecule has 2 atom stereocenters. The van der Waals surface area contributed by atoms with Gasteiger partial charge in [-0.25, -0.2) is 23.5 Å². The first-order chi connectivity index (χ1) is 18.6. The van der Waals surface area contributed by atoms with Crippen LogP contribution in [0, 0.1) is 5.82 Å². The Morgan fingerprint density at radius 1 is 1.00 bits per heavy atom. The van der Waals surface area contributed by atoms with Crippen molar-refractivity contribution in [3.05, 3.63) is 81.0 Å². The summed E-state index contributed by atoms with van der Waals surface area (Å²) in [5, 5.41) is 28.0. The van der Waals surface area contributed by atoms with E-state index in [1.54, 1.807) is 0 Å². The van der Waals surface area contributed by atoms with E-state index >= 15 is 0 Å². The van der Waals surface area contributed by atoms with Crippen molar-refractivity contribution in [2.24, 2.45) is 0 Å². The molecule has 0 bridgehead atoms. The molecule has 0 radical (unpaired) electrons. The summed E-state index contributed by atoms with van der Waals surface area (Å²) in [6, 6.07) is 7.29. The highest BCUT2D eigenvalue weighted by atomic mass is 35.5. The highest BCUT2D eigenvalue weighted by molar-refractivity contribution is 6.30. The number of benzene rings is 2. The fraction of sp³-hybridized carbons (Fsp3) is 0.304. The Morgan fingerprint density at radius 3 is 2.23 bits per heavy atom. The third kappa shape index (κ3) is 6.03. The lowest BCUT2D eigenvalue weighted by molar-refractivity contribution is -0.207. The van der Waals surface area contributed by atoms with Crippen LogP contribution in [0.4, 0.5) is 30.7 Å². The van der Waals surface area contributed by atoms with Gasteiger partial charge in [-0.1, -0.05) is 11.6 Å². The summed E-state index contributed by atoms with van der Waals surface area (Å²) in [7, 11) is 0. The number of halogens is 8. The zero-order valence-corrected chi connectivity index (χ0v) is 20.9. The Hall–Kier alpha value is -3.76. The fourth-order valence-corrected chi connectivity index (χ4v) is 3.86. The SMILES string of the molecule is CC(O)c1nc(Cn2nc(-c3ccc(Cl)cc3)n(CC(O)C(F)(F)F)c2=O)nn1-c1ccc(F)cc1C(F)(F)F. The van der Waals surface area contributed by atoms with Gasteiger partial charge in [-0.3, -0.25) is 4.57 Å². The smallest absolute Gasteiger partial charge is 0.385 e. The number of alkyl halides is 6. The van der Waals surface area contributed by atoms with Crippen LogP contribution in [0.15, 0.2) is 47.3 Å². The van der Waals surface area contributed by atoms with Crippen LogP contribution >= 0.6 is 11.6 Å². The average molecular weight is 595 g/mol. The molecular formula is C23H18ClF7N6O3. The molecule has 4 aromatic rings. The van der Waals surface area contributed by atoms with Crippen LogP contribution in [0.2, 0.25) is 5.02 Å². The van der Waals surface area contributed by atoms with E-state index < -0.39 is 66.2 Å². The van der Waals surface area contributed by atoms with Crippen molar-refractivity contribution in [2.75, 3.05) is 0 Å². The largest absolute Gasteiger partial charge is 0.418 e. The van der Waals surface area contributed by atoms with E-state index in [1.165, 1.54) is 31.2 Å². The lowest BCUT2D eigenvalue weighted by Gasteiger charge is -2.15. The van der Waals surface area contributed by atoms with E-state index in [2.05, 4.69) is 15.2 Å². The summed E-state index contributed by atoms with van der Waals surface area (Å²) in [6.07, 6.45) is -14.5. The maximum absolute atomic E-state index is 13.6. The van der Waals surface area contributed by atoms with E-state index in [0.717, 1.165) is 12.1 Å². The molecule has 0 aliphatic heterocycles. The van der Waals surface area contributed by atoms with E-state index in [0.29, 0.717) is 13.9 Å². The molecule has 4 rings (SSSR count). The minimum atomic E-state index is -5.06. The maximum atomic E-state index is 13.6. The van der Waals surface area contributed by atoms with Crippen molar-refractivity contribution in [3.63, 3.8) is 0 Å². The molecule has 2 aromatic carbocycles. The highest BCUT2D eigenvalue weighted by Gasteiger charge is 2.39. The summed E-state index contributed by atoms with van der Waals surface area (Å²) in [4.78, 5) is 17.0. The molecule has 17 heteroatoms. The van der Waals surface area contributed by atoms with E-state index in [-0.39, 0.29) is 28.3 Å². The first kappa shape index (κ1) is 29.2. The van der Waals surface area contributed by atoms with Crippen molar-refractivity contribution < 1.29 is 40.9 Å². The standard InChI is InChI=1S/C23H18ClF7N6O3/c1-11(38)19-32-18(33-37(19)16-7-6-14(25)8-15(16)22(26,27)28)10-36-21(40)35(9-17(39)23(29,30)31)20(34-36)12-2-4-13(24)5-3-12/h2-8,11,17,38-39H,9-10H2,1H3. The first-order valence-corrected chi connectivity index (χ1v) is 11.6. The molecule has 0 aliphatic rings. The molecule has 2 N–H and O–H groups in total. The van der Waals surface area contributed by atoms with Gasteiger partial charge in [0, 0.05) is 10.6 Å². The zero-order valence-electron chi connectivity index (χ0n) is 20.1. The minimum Gasteiger partial charge on any atom is -0.385 e. The molecule has 2 heterocycles. The van der Waals surface area contributed by atoms with Crippen molar-refractivity contribution >= 4 is 11.6 Å². The van der Waals surface area contributed by atoms with Gasteiger partial charge in [-0.2, -0.15) is 26.3 Å². The van der Waals surface area contributed by atoms with E-state index in [4.69, 9.17) is 11.6 Å². The van der Waals surface area contributed by atoms with Gasteiger partial charge in [0.2, 0.25) is 0 Å². The number of aromatic nitrogens is 6. The third-order valence-corrected chi connectivity index (χ3v) is 5.84. The molecule has 0 spiro atoms. The second-order valence-corrected chi connectivity index (χ2v) is 9.01. The Labute approximate surface area is 224 Å². The summed E-state index contributed by atoms with van der Waals surface area (Å²) >= 11 is 5.85. The summed E-state index contributed by atoms with van der Waals surface area (Å²) < 4.78 is 95.5. The van der Waals surface area contributed by atoms with Gasteiger partial charge in [0.15, 0.2) is 23.6 Å². The predicted octanol–water partition coefficient (Wildman–Crippen LogP) is 4.13. The normalized spacial score (nSPS) is 14.0. The van der Waals surface area contributed by atoms with Gasteiger partial charge in [-0.15, -0.1) is 10.2 Å².